The number of nitrogens with two attached hydrogens (primary N) is 1. The molecule has 2 aliphatic rings. The van der Waals surface area contributed by atoms with Crippen LogP contribution in [0.3, 0.4) is 0 Å². The quantitative estimate of drug-likeness (QED) is 0.771. The summed E-state index contributed by atoms with van der Waals surface area (Å²) in [4.78, 5) is 2.66. The first kappa shape index (κ1) is 15.3. The van der Waals surface area contributed by atoms with Crippen molar-refractivity contribution >= 4 is 0 Å². The highest BCUT2D eigenvalue weighted by molar-refractivity contribution is 5.05. The zero-order chi connectivity index (χ0) is 13.9. The fourth-order valence-corrected chi connectivity index (χ4v) is 4.08. The van der Waals surface area contributed by atoms with Crippen LogP contribution in [0.25, 0.3) is 0 Å². The molecule has 0 bridgehead atoms. The number of nitrogens with zero attached hydrogens (tertiary/aromatic N) is 1. The Balaban J connectivity index is 2.05. The van der Waals surface area contributed by atoms with Crippen LogP contribution in [0, 0.1) is 11.3 Å². The summed E-state index contributed by atoms with van der Waals surface area (Å²) in [6, 6.07) is 0. The van der Waals surface area contributed by atoms with Crippen LogP contribution in [-0.4, -0.2) is 43.8 Å². The lowest BCUT2D eigenvalue weighted by atomic mass is 9.73. The van der Waals surface area contributed by atoms with Gasteiger partial charge in [0.25, 0.3) is 0 Å². The van der Waals surface area contributed by atoms with Gasteiger partial charge in [0.2, 0.25) is 0 Å². The lowest BCUT2D eigenvalue weighted by molar-refractivity contribution is -0.0373. The number of ether oxygens (including phenoxy) is 1. The average Bonchev–Trinajstić information content (AvgIpc) is 3.30. The van der Waals surface area contributed by atoms with Gasteiger partial charge in [0.15, 0.2) is 0 Å². The van der Waals surface area contributed by atoms with Crippen LogP contribution < -0.4 is 5.73 Å². The summed E-state index contributed by atoms with van der Waals surface area (Å²) in [5, 5.41) is 0. The van der Waals surface area contributed by atoms with E-state index in [0.717, 1.165) is 19.1 Å². The number of likely N-dealkylation sites (tertiary alicyclic amines) is 1. The minimum atomic E-state index is 0.127. The van der Waals surface area contributed by atoms with Crippen molar-refractivity contribution < 1.29 is 4.74 Å². The minimum Gasteiger partial charge on any atom is -0.383 e. The Bertz CT molecular complexity index is 276. The van der Waals surface area contributed by atoms with Crippen LogP contribution in [0.15, 0.2) is 0 Å². The Kier molecular flexibility index (Phi) is 4.91. The number of methoxy groups -OCH3 is 1. The van der Waals surface area contributed by atoms with Gasteiger partial charge in [-0.2, -0.15) is 0 Å². The van der Waals surface area contributed by atoms with Gasteiger partial charge in [-0.05, 0) is 50.1 Å². The van der Waals surface area contributed by atoms with Crippen LogP contribution in [0.4, 0.5) is 0 Å². The summed E-state index contributed by atoms with van der Waals surface area (Å²) < 4.78 is 5.54. The van der Waals surface area contributed by atoms with Gasteiger partial charge in [-0.15, -0.1) is 0 Å². The summed E-state index contributed by atoms with van der Waals surface area (Å²) in [7, 11) is 1.82. The molecule has 0 aromatic carbocycles. The van der Waals surface area contributed by atoms with Crippen LogP contribution in [0.5, 0.6) is 0 Å². The Hall–Kier alpha value is -0.120. The zero-order valence-corrected chi connectivity index (χ0v) is 13.1. The van der Waals surface area contributed by atoms with Gasteiger partial charge in [-0.3, -0.25) is 4.90 Å². The molecule has 1 aliphatic heterocycles. The maximum atomic E-state index is 6.18. The van der Waals surface area contributed by atoms with Crippen molar-refractivity contribution in [1.29, 1.82) is 0 Å². The zero-order valence-electron chi connectivity index (χ0n) is 13.1. The summed E-state index contributed by atoms with van der Waals surface area (Å²) in [6.07, 6.45) is 7.98. The van der Waals surface area contributed by atoms with Crippen molar-refractivity contribution in [2.75, 3.05) is 33.4 Å². The lowest BCUT2D eigenvalue weighted by Crippen LogP contribution is -2.61. The lowest BCUT2D eigenvalue weighted by Gasteiger charge is -2.50. The number of hydrogen-bond acceptors (Lipinski definition) is 3. The van der Waals surface area contributed by atoms with Gasteiger partial charge in [-0.25, -0.2) is 0 Å². The van der Waals surface area contributed by atoms with E-state index in [1.54, 1.807) is 0 Å². The van der Waals surface area contributed by atoms with Gasteiger partial charge < -0.3 is 10.5 Å². The molecule has 0 amide bonds. The molecule has 1 atom stereocenters. The molecule has 3 heteroatoms. The molecule has 1 heterocycles. The molecule has 0 spiro atoms. The van der Waals surface area contributed by atoms with E-state index >= 15 is 0 Å². The molecule has 19 heavy (non-hydrogen) atoms. The number of rotatable bonds is 7. The molecule has 1 aliphatic carbocycles. The van der Waals surface area contributed by atoms with Crippen molar-refractivity contribution in [1.82, 2.24) is 4.90 Å². The predicted molar refractivity (Wildman–Crippen MR) is 80.2 cm³/mol. The Morgan fingerprint density at radius 3 is 2.16 bits per heavy atom. The first-order chi connectivity index (χ1) is 9.16. The Morgan fingerprint density at radius 2 is 1.79 bits per heavy atom. The van der Waals surface area contributed by atoms with E-state index in [4.69, 9.17) is 10.5 Å². The molecule has 3 nitrogen and oxygen atoms in total. The van der Waals surface area contributed by atoms with Gasteiger partial charge in [0.05, 0.1) is 12.1 Å². The molecule has 2 fully saturated rings. The molecule has 1 saturated heterocycles. The highest BCUT2D eigenvalue weighted by atomic mass is 16.5. The van der Waals surface area contributed by atoms with Crippen LogP contribution >= 0.6 is 0 Å². The van der Waals surface area contributed by atoms with E-state index in [1.807, 2.05) is 7.11 Å². The maximum Gasteiger partial charge on any atom is 0.0661 e. The van der Waals surface area contributed by atoms with Gasteiger partial charge >= 0.3 is 0 Å². The summed E-state index contributed by atoms with van der Waals surface area (Å²) >= 11 is 0. The first-order valence-corrected chi connectivity index (χ1v) is 8.10. The Labute approximate surface area is 118 Å². The minimum absolute atomic E-state index is 0.127. The summed E-state index contributed by atoms with van der Waals surface area (Å²) in [5.74, 6) is 0.771. The Morgan fingerprint density at radius 1 is 1.21 bits per heavy atom. The van der Waals surface area contributed by atoms with Crippen LogP contribution in [0.2, 0.25) is 0 Å². The van der Waals surface area contributed by atoms with Crippen LogP contribution in [-0.2, 0) is 4.74 Å². The van der Waals surface area contributed by atoms with E-state index in [0.29, 0.717) is 5.41 Å². The van der Waals surface area contributed by atoms with E-state index in [-0.39, 0.29) is 5.54 Å². The van der Waals surface area contributed by atoms with Crippen molar-refractivity contribution in [2.24, 2.45) is 17.1 Å². The summed E-state index contributed by atoms with van der Waals surface area (Å²) in [6.45, 7) is 8.67. The molecule has 0 aromatic rings. The fourth-order valence-electron chi connectivity index (χ4n) is 4.08. The second-order valence-electron chi connectivity index (χ2n) is 6.71. The first-order valence-electron chi connectivity index (χ1n) is 8.10. The third-order valence-corrected chi connectivity index (χ3v) is 6.04. The van der Waals surface area contributed by atoms with Gasteiger partial charge in [-0.1, -0.05) is 26.7 Å². The topological polar surface area (TPSA) is 38.5 Å². The molecule has 2 rings (SSSR count). The van der Waals surface area contributed by atoms with E-state index in [9.17, 15) is 0 Å². The van der Waals surface area contributed by atoms with Crippen molar-refractivity contribution in [3.8, 4) is 0 Å². The smallest absolute Gasteiger partial charge is 0.0661 e. The third kappa shape index (κ3) is 2.84. The molecular formula is C16H32N2O. The second-order valence-corrected chi connectivity index (χ2v) is 6.71. The molecular weight excluding hydrogens is 236 g/mol. The molecule has 2 N–H and O–H groups in total. The van der Waals surface area contributed by atoms with Gasteiger partial charge in [0, 0.05) is 13.7 Å². The van der Waals surface area contributed by atoms with E-state index in [2.05, 4.69) is 18.7 Å². The van der Waals surface area contributed by atoms with E-state index < -0.39 is 0 Å². The monoisotopic (exact) mass is 268 g/mol. The fraction of sp³-hybridized carbons (Fsp3) is 1.00. The average molecular weight is 268 g/mol. The number of hydrogen-bond donors (Lipinski definition) is 1. The van der Waals surface area contributed by atoms with Crippen molar-refractivity contribution in [3.05, 3.63) is 0 Å². The highest BCUT2D eigenvalue weighted by Crippen LogP contribution is 2.46. The molecule has 1 saturated carbocycles. The van der Waals surface area contributed by atoms with E-state index in [1.165, 1.54) is 51.6 Å². The molecule has 0 aromatic heterocycles. The second kappa shape index (κ2) is 6.11. The normalized spacial score (nSPS) is 27.2. The third-order valence-electron chi connectivity index (χ3n) is 6.04. The van der Waals surface area contributed by atoms with Gasteiger partial charge in [0.1, 0.15) is 0 Å². The largest absolute Gasteiger partial charge is 0.383 e. The standard InChI is InChI=1S/C16H32N2O/c1-4-15(5-2)8-10-18(11-9-15)16(12-17,13-19-3)14-6-7-14/h14H,4-13,17H2,1-3H3. The molecule has 112 valence electrons. The SMILES string of the molecule is CCC1(CC)CCN(C(CN)(COC)C2CC2)CC1. The summed E-state index contributed by atoms with van der Waals surface area (Å²) in [5.41, 5.74) is 6.89. The predicted octanol–water partition coefficient (Wildman–Crippen LogP) is 2.64. The molecule has 1 unspecified atom stereocenters. The number of piperidine rings is 1. The van der Waals surface area contributed by atoms with Crippen LogP contribution in [0.1, 0.15) is 52.4 Å². The highest BCUT2D eigenvalue weighted by Gasteiger charge is 2.50. The molecule has 0 radical (unpaired) electrons. The maximum absolute atomic E-state index is 6.18. The van der Waals surface area contributed by atoms with Crippen molar-refractivity contribution in [2.45, 2.75) is 57.9 Å². The van der Waals surface area contributed by atoms with Crippen molar-refractivity contribution in [3.63, 3.8) is 0 Å².